The molecule has 0 N–H and O–H groups in total. The molecule has 2 aromatic heterocycles. The van der Waals surface area contributed by atoms with E-state index in [0.717, 1.165) is 35.9 Å². The third-order valence-corrected chi connectivity index (χ3v) is 4.65. The van der Waals surface area contributed by atoms with E-state index in [0.29, 0.717) is 31.3 Å². The van der Waals surface area contributed by atoms with Gasteiger partial charge >= 0.3 is 0 Å². The zero-order valence-electron chi connectivity index (χ0n) is 14.3. The number of carbonyl (C=O) groups excluding carboxylic acids is 1. The smallest absolute Gasteiger partial charge is 0.246 e. The highest BCUT2D eigenvalue weighted by Crippen LogP contribution is 2.25. The van der Waals surface area contributed by atoms with Crippen LogP contribution in [0.2, 0.25) is 0 Å². The Labute approximate surface area is 145 Å². The van der Waals surface area contributed by atoms with E-state index in [1.807, 2.05) is 42.0 Å². The Morgan fingerprint density at radius 3 is 3.04 bits per heavy atom. The maximum atomic E-state index is 12.4. The minimum Gasteiger partial charge on any atom is -0.381 e. The first kappa shape index (κ1) is 16.0. The predicted molar refractivity (Wildman–Crippen MR) is 92.8 cm³/mol. The topological polar surface area (TPSA) is 70.2 Å². The Bertz CT molecular complexity index is 890. The van der Waals surface area contributed by atoms with E-state index in [9.17, 15) is 4.79 Å². The molecule has 0 unspecified atom stereocenters. The summed E-state index contributed by atoms with van der Waals surface area (Å²) in [6.07, 6.45) is 4.24. The summed E-state index contributed by atoms with van der Waals surface area (Å²) in [5.41, 5.74) is 1.77. The molecule has 0 spiro atoms. The monoisotopic (exact) mass is 339 g/mol. The van der Waals surface area contributed by atoms with Gasteiger partial charge in [-0.25, -0.2) is 0 Å². The van der Waals surface area contributed by atoms with Gasteiger partial charge in [-0.1, -0.05) is 30.3 Å². The highest BCUT2D eigenvalue weighted by molar-refractivity contribution is 6.08. The van der Waals surface area contributed by atoms with Crippen LogP contribution < -0.4 is 0 Å². The number of benzene rings is 1. The largest absolute Gasteiger partial charge is 0.381 e. The van der Waals surface area contributed by atoms with Gasteiger partial charge in [-0.3, -0.25) is 4.79 Å². The first-order valence-electron chi connectivity index (χ1n) is 8.77. The van der Waals surface area contributed by atoms with Crippen molar-refractivity contribution in [3.05, 3.63) is 47.7 Å². The van der Waals surface area contributed by atoms with Crippen LogP contribution >= 0.6 is 0 Å². The Hall–Kier alpha value is -2.47. The highest BCUT2D eigenvalue weighted by atomic mass is 16.5. The maximum absolute atomic E-state index is 12.4. The molecule has 3 heterocycles. The predicted octanol–water partition coefficient (Wildman–Crippen LogP) is 3.56. The lowest BCUT2D eigenvalue weighted by molar-refractivity contribution is 0.0983. The fourth-order valence-electron chi connectivity index (χ4n) is 3.34. The number of nitrogens with zero attached hydrogens (tertiary/aromatic N) is 3. The summed E-state index contributed by atoms with van der Waals surface area (Å²) in [5.74, 6) is 1.66. The Balaban J connectivity index is 1.64. The Morgan fingerprint density at radius 1 is 1.36 bits per heavy atom. The van der Waals surface area contributed by atoms with Gasteiger partial charge in [0, 0.05) is 41.6 Å². The van der Waals surface area contributed by atoms with E-state index in [1.54, 1.807) is 0 Å². The summed E-state index contributed by atoms with van der Waals surface area (Å²) >= 11 is 0. The zero-order valence-corrected chi connectivity index (χ0v) is 14.3. The normalized spacial score (nSPS) is 17.4. The van der Waals surface area contributed by atoms with Crippen molar-refractivity contribution in [2.75, 3.05) is 13.2 Å². The third kappa shape index (κ3) is 3.09. The van der Waals surface area contributed by atoms with Crippen LogP contribution in [0.25, 0.3) is 10.9 Å². The molecule has 0 amide bonds. The molecule has 0 bridgehead atoms. The molecule has 25 heavy (non-hydrogen) atoms. The Morgan fingerprint density at radius 2 is 2.24 bits per heavy atom. The standard InChI is InChI=1S/C19H21N3O3/c1-2-5-17(23)15-10-22(16-7-4-3-6-14(15)16)11-18-20-19(21-25-18)13-8-9-24-12-13/h3-4,6-7,10,13H,2,5,8-9,11-12H2,1H3/t13-/m1/s1. The van der Waals surface area contributed by atoms with Gasteiger partial charge in [-0.15, -0.1) is 0 Å². The van der Waals surface area contributed by atoms with Crippen LogP contribution in [0.1, 0.15) is 54.2 Å². The van der Waals surface area contributed by atoms with Crippen molar-refractivity contribution >= 4 is 16.7 Å². The zero-order chi connectivity index (χ0) is 17.2. The first-order valence-corrected chi connectivity index (χ1v) is 8.77. The van der Waals surface area contributed by atoms with E-state index in [2.05, 4.69) is 10.1 Å². The molecule has 6 heteroatoms. The molecule has 1 aliphatic heterocycles. The van der Waals surface area contributed by atoms with E-state index in [1.165, 1.54) is 0 Å². The Kier molecular flexibility index (Phi) is 4.36. The molecule has 1 aliphatic rings. The second-order valence-electron chi connectivity index (χ2n) is 6.47. The van der Waals surface area contributed by atoms with Crippen molar-refractivity contribution in [1.29, 1.82) is 0 Å². The number of carbonyl (C=O) groups is 1. The van der Waals surface area contributed by atoms with Crippen LogP contribution in [0.15, 0.2) is 35.0 Å². The van der Waals surface area contributed by atoms with Gasteiger partial charge in [0.25, 0.3) is 0 Å². The molecule has 1 saturated heterocycles. The summed E-state index contributed by atoms with van der Waals surface area (Å²) in [5, 5.41) is 5.08. The number of ether oxygens (including phenoxy) is 1. The van der Waals surface area contributed by atoms with Gasteiger partial charge in [-0.05, 0) is 18.9 Å². The second-order valence-corrected chi connectivity index (χ2v) is 6.47. The lowest BCUT2D eigenvalue weighted by Gasteiger charge is -2.01. The van der Waals surface area contributed by atoms with Crippen LogP contribution in [0, 0.1) is 0 Å². The molecule has 6 nitrogen and oxygen atoms in total. The van der Waals surface area contributed by atoms with Crippen molar-refractivity contribution in [2.24, 2.45) is 0 Å². The third-order valence-electron chi connectivity index (χ3n) is 4.65. The van der Waals surface area contributed by atoms with E-state index >= 15 is 0 Å². The molecule has 1 fully saturated rings. The number of hydrogen-bond acceptors (Lipinski definition) is 5. The van der Waals surface area contributed by atoms with Crippen LogP contribution in [0.5, 0.6) is 0 Å². The molecule has 0 aliphatic carbocycles. The van der Waals surface area contributed by atoms with Gasteiger partial charge < -0.3 is 13.8 Å². The second kappa shape index (κ2) is 6.80. The molecule has 1 atom stereocenters. The minimum atomic E-state index is 0.173. The summed E-state index contributed by atoms with van der Waals surface area (Å²) in [7, 11) is 0. The molecule has 3 aromatic rings. The van der Waals surface area contributed by atoms with Crippen LogP contribution in [0.3, 0.4) is 0 Å². The first-order chi connectivity index (χ1) is 12.3. The number of aromatic nitrogens is 3. The van der Waals surface area contributed by atoms with Gasteiger partial charge in [-0.2, -0.15) is 4.98 Å². The molecular formula is C19H21N3O3. The van der Waals surface area contributed by atoms with Gasteiger partial charge in [0.05, 0.1) is 6.61 Å². The average molecular weight is 339 g/mol. The molecule has 0 radical (unpaired) electrons. The molecule has 1 aromatic carbocycles. The van der Waals surface area contributed by atoms with E-state index < -0.39 is 0 Å². The fourth-order valence-corrected chi connectivity index (χ4v) is 3.34. The number of para-hydroxylation sites is 1. The highest BCUT2D eigenvalue weighted by Gasteiger charge is 2.23. The van der Waals surface area contributed by atoms with Gasteiger partial charge in [0.1, 0.15) is 6.54 Å². The number of Topliss-reactive ketones (excluding diaryl/α,β-unsaturated/α-hetero) is 1. The molecule has 0 saturated carbocycles. The number of rotatable bonds is 6. The maximum Gasteiger partial charge on any atom is 0.246 e. The van der Waals surface area contributed by atoms with Gasteiger partial charge in [0.2, 0.25) is 5.89 Å². The summed E-state index contributed by atoms with van der Waals surface area (Å²) in [6, 6.07) is 7.94. The number of fused-ring (bicyclic) bond motifs is 1. The van der Waals surface area contributed by atoms with Crippen LogP contribution in [-0.2, 0) is 11.3 Å². The molecule has 4 rings (SSSR count). The van der Waals surface area contributed by atoms with Crippen molar-refractivity contribution in [2.45, 2.75) is 38.6 Å². The van der Waals surface area contributed by atoms with Crippen LogP contribution in [0.4, 0.5) is 0 Å². The molecular weight excluding hydrogens is 318 g/mol. The quantitative estimate of drug-likeness (QED) is 0.642. The number of hydrogen-bond donors (Lipinski definition) is 0. The summed E-state index contributed by atoms with van der Waals surface area (Å²) in [4.78, 5) is 16.9. The summed E-state index contributed by atoms with van der Waals surface area (Å²) in [6.45, 7) is 3.88. The van der Waals surface area contributed by atoms with Crippen LogP contribution in [-0.4, -0.2) is 33.7 Å². The van der Waals surface area contributed by atoms with Crippen molar-refractivity contribution < 1.29 is 14.1 Å². The van der Waals surface area contributed by atoms with Gasteiger partial charge in [0.15, 0.2) is 11.6 Å². The van der Waals surface area contributed by atoms with Crippen molar-refractivity contribution in [3.8, 4) is 0 Å². The fraction of sp³-hybridized carbons (Fsp3) is 0.421. The lowest BCUT2D eigenvalue weighted by Crippen LogP contribution is -2.02. The molecule has 130 valence electrons. The number of ketones is 1. The lowest BCUT2D eigenvalue weighted by atomic mass is 10.1. The van der Waals surface area contributed by atoms with Crippen molar-refractivity contribution in [1.82, 2.24) is 14.7 Å². The SMILES string of the molecule is CCCC(=O)c1cn(Cc2nc([C@@H]3CCOC3)no2)c2ccccc12. The van der Waals surface area contributed by atoms with E-state index in [4.69, 9.17) is 9.26 Å². The van der Waals surface area contributed by atoms with E-state index in [-0.39, 0.29) is 11.7 Å². The van der Waals surface area contributed by atoms with Crippen molar-refractivity contribution in [3.63, 3.8) is 0 Å². The average Bonchev–Trinajstić information content (AvgIpc) is 3.35. The summed E-state index contributed by atoms with van der Waals surface area (Å²) < 4.78 is 12.8. The minimum absolute atomic E-state index is 0.173.